The molecule has 0 amide bonds. The zero-order valence-corrected chi connectivity index (χ0v) is 33.7. The third-order valence-corrected chi connectivity index (χ3v) is 9.07. The molecule has 2 atom stereocenters. The van der Waals surface area contributed by atoms with Crippen LogP contribution in [0.5, 0.6) is 11.5 Å². The summed E-state index contributed by atoms with van der Waals surface area (Å²) in [4.78, 5) is 24.0. The Hall–Kier alpha value is -5.68. The molecule has 5 nitrogen and oxygen atoms in total. The number of ketones is 2. The van der Waals surface area contributed by atoms with Crippen LogP contribution in [0.2, 0.25) is 0 Å². The van der Waals surface area contributed by atoms with Crippen LogP contribution in [0.25, 0.3) is 0 Å². The minimum atomic E-state index is -0.754. The molecule has 0 saturated carbocycles. The van der Waals surface area contributed by atoms with Crippen LogP contribution in [0, 0.1) is 12.3 Å². The Kier molecular flexibility index (Phi) is 14.9. The fourth-order valence-corrected chi connectivity index (χ4v) is 5.88. The predicted molar refractivity (Wildman–Crippen MR) is 227 cm³/mol. The van der Waals surface area contributed by atoms with E-state index in [1.165, 1.54) is 0 Å². The normalized spacial score (nSPS) is 17.5. The van der Waals surface area contributed by atoms with Crippen molar-refractivity contribution in [3.8, 4) is 11.5 Å². The van der Waals surface area contributed by atoms with Gasteiger partial charge in [0.25, 0.3) is 0 Å². The number of aromatic hydroxyl groups is 1. The van der Waals surface area contributed by atoms with E-state index in [4.69, 9.17) is 4.74 Å². The van der Waals surface area contributed by atoms with Gasteiger partial charge >= 0.3 is 0 Å². The van der Waals surface area contributed by atoms with Gasteiger partial charge in [-0.2, -0.15) is 0 Å². The standard InChI is InChI=1S/C33H33NO3.C14H18O.C2H6/c1-22-7-6-8-28(21-22)34-24(3)31-17-19-33(5,20-18-32(31)25(4)35)37-30-15-11-27(12-16-30)23(2)26-9-13-29(36)14-10-26;1-10(2)12-6-8-14(4,5)9-7-13(12)11(3)15;1-2/h6-21,23,34,36H,3H2,1-2,4-5H3;6-9H,1H2,2-5H3;1-2H3. The predicted octanol–water partition coefficient (Wildman–Crippen LogP) is 12.3. The molecule has 5 heteroatoms. The second kappa shape index (κ2) is 18.9. The van der Waals surface area contributed by atoms with E-state index in [-0.39, 0.29) is 28.6 Å². The molecule has 3 aromatic carbocycles. The molecule has 0 fully saturated rings. The van der Waals surface area contributed by atoms with Gasteiger partial charge in [-0.05, 0) is 105 Å². The van der Waals surface area contributed by atoms with Gasteiger partial charge in [0, 0.05) is 39.4 Å². The molecule has 0 aliphatic heterocycles. The van der Waals surface area contributed by atoms with Crippen LogP contribution in [-0.4, -0.2) is 22.3 Å². The van der Waals surface area contributed by atoms with Gasteiger partial charge in [0.15, 0.2) is 11.6 Å². The lowest BCUT2D eigenvalue weighted by Gasteiger charge is -2.24. The summed E-state index contributed by atoms with van der Waals surface area (Å²) in [7, 11) is 0. The van der Waals surface area contributed by atoms with Gasteiger partial charge in [-0.25, -0.2) is 0 Å². The molecule has 282 valence electrons. The quantitative estimate of drug-likeness (QED) is 0.218. The minimum Gasteiger partial charge on any atom is -0.508 e. The summed E-state index contributed by atoms with van der Waals surface area (Å²) >= 11 is 0. The lowest BCUT2D eigenvalue weighted by Crippen LogP contribution is -2.26. The van der Waals surface area contributed by atoms with Crippen molar-refractivity contribution in [3.05, 3.63) is 185 Å². The molecule has 0 spiro atoms. The molecule has 5 rings (SSSR count). The molecular formula is C49H57NO4. The molecule has 0 saturated heterocycles. The molecule has 2 N–H and O–H groups in total. The van der Waals surface area contributed by atoms with Crippen molar-refractivity contribution in [1.29, 1.82) is 0 Å². The highest BCUT2D eigenvalue weighted by atomic mass is 16.5. The zero-order valence-electron chi connectivity index (χ0n) is 33.7. The molecule has 54 heavy (non-hydrogen) atoms. The van der Waals surface area contributed by atoms with Crippen molar-refractivity contribution in [3.63, 3.8) is 0 Å². The number of aryl methyl sites for hydroxylation is 1. The highest BCUT2D eigenvalue weighted by molar-refractivity contribution is 5.99. The fourth-order valence-electron chi connectivity index (χ4n) is 5.88. The van der Waals surface area contributed by atoms with Crippen LogP contribution in [0.3, 0.4) is 0 Å². The summed E-state index contributed by atoms with van der Waals surface area (Å²) in [5.74, 6) is 1.21. The van der Waals surface area contributed by atoms with Gasteiger partial charge in [-0.15, -0.1) is 0 Å². The highest BCUT2D eigenvalue weighted by Crippen LogP contribution is 2.32. The summed E-state index contributed by atoms with van der Waals surface area (Å²) in [6.07, 6.45) is 15.6. The smallest absolute Gasteiger partial charge is 0.160 e. The van der Waals surface area contributed by atoms with Crippen LogP contribution in [0.15, 0.2) is 168 Å². The summed E-state index contributed by atoms with van der Waals surface area (Å²) < 4.78 is 6.37. The van der Waals surface area contributed by atoms with E-state index < -0.39 is 5.60 Å². The molecule has 0 heterocycles. The maximum absolute atomic E-state index is 12.5. The number of hydrogen-bond acceptors (Lipinski definition) is 5. The highest BCUT2D eigenvalue weighted by Gasteiger charge is 2.24. The lowest BCUT2D eigenvalue weighted by molar-refractivity contribution is -0.114. The first-order valence-electron chi connectivity index (χ1n) is 18.5. The van der Waals surface area contributed by atoms with Crippen molar-refractivity contribution in [2.75, 3.05) is 5.32 Å². The zero-order chi connectivity index (χ0) is 40.2. The average Bonchev–Trinajstić information content (AvgIpc) is 3.40. The maximum Gasteiger partial charge on any atom is 0.160 e. The van der Waals surface area contributed by atoms with Crippen LogP contribution < -0.4 is 10.1 Å². The third kappa shape index (κ3) is 11.9. The summed E-state index contributed by atoms with van der Waals surface area (Å²) in [6, 6.07) is 23.3. The van der Waals surface area contributed by atoms with Crippen LogP contribution >= 0.6 is 0 Å². The summed E-state index contributed by atoms with van der Waals surface area (Å²) in [5.41, 5.74) is 8.17. The van der Waals surface area contributed by atoms with E-state index in [0.29, 0.717) is 11.3 Å². The Morgan fingerprint density at radius 2 is 1.19 bits per heavy atom. The van der Waals surface area contributed by atoms with Crippen molar-refractivity contribution in [2.45, 2.75) is 80.8 Å². The minimum absolute atomic E-state index is 0.00208. The topological polar surface area (TPSA) is 75.6 Å². The largest absolute Gasteiger partial charge is 0.508 e. The molecule has 2 aliphatic carbocycles. The third-order valence-electron chi connectivity index (χ3n) is 9.07. The maximum atomic E-state index is 12.5. The molecule has 3 aromatic rings. The van der Waals surface area contributed by atoms with E-state index in [1.54, 1.807) is 26.0 Å². The average molecular weight is 724 g/mol. The van der Waals surface area contributed by atoms with Crippen LogP contribution in [0.1, 0.15) is 84.9 Å². The number of allylic oxidation sites excluding steroid dienone is 10. The van der Waals surface area contributed by atoms with E-state index in [0.717, 1.165) is 50.4 Å². The van der Waals surface area contributed by atoms with Crippen molar-refractivity contribution in [1.82, 2.24) is 0 Å². The van der Waals surface area contributed by atoms with E-state index >= 15 is 0 Å². The monoisotopic (exact) mass is 723 g/mol. The second-order valence-electron chi connectivity index (χ2n) is 14.3. The summed E-state index contributed by atoms with van der Waals surface area (Å²) in [5, 5.41) is 12.9. The number of phenolic OH excluding ortho intramolecular Hbond substituents is 1. The number of Topliss-reactive ketones (excluding diaryl/α,β-unsaturated/α-hetero) is 2. The lowest BCUT2D eigenvalue weighted by atomic mass is 9.93. The van der Waals surface area contributed by atoms with Gasteiger partial charge < -0.3 is 15.2 Å². The fraction of sp³-hybridized carbons (Fsp3) is 0.265. The first-order valence-corrected chi connectivity index (χ1v) is 18.5. The first-order chi connectivity index (χ1) is 25.5. The molecule has 0 radical (unpaired) electrons. The van der Waals surface area contributed by atoms with Gasteiger partial charge in [0.2, 0.25) is 0 Å². The summed E-state index contributed by atoms with van der Waals surface area (Å²) in [6.45, 7) is 27.5. The number of carbonyl (C=O) groups is 2. The first kappa shape index (κ1) is 42.7. The molecule has 2 aliphatic rings. The number of benzene rings is 3. The van der Waals surface area contributed by atoms with Gasteiger partial charge in [0.1, 0.15) is 17.1 Å². The number of anilines is 1. The van der Waals surface area contributed by atoms with Gasteiger partial charge in [-0.1, -0.05) is 126 Å². The molecule has 0 bridgehead atoms. The van der Waals surface area contributed by atoms with Crippen molar-refractivity contribution >= 4 is 17.3 Å². The number of phenols is 1. The van der Waals surface area contributed by atoms with E-state index in [2.05, 4.69) is 63.5 Å². The second-order valence-corrected chi connectivity index (χ2v) is 14.3. The van der Waals surface area contributed by atoms with E-state index in [1.807, 2.05) is 120 Å². The SMILES string of the molecule is C=C(C)C1=C(C(C)=O)C=CC(C)(C)C=C1.C=C(Nc1cccc(C)c1)C1=C(C(C)=O)C=CC(C)(Oc2ccc(C(C)c3ccc(O)cc3)cc2)C=C1.CC. The number of ether oxygens (including phenoxy) is 1. The van der Waals surface area contributed by atoms with Gasteiger partial charge in [0.05, 0.1) is 0 Å². The molecule has 0 aromatic heterocycles. The number of hydrogen-bond donors (Lipinski definition) is 2. The Morgan fingerprint density at radius 3 is 1.70 bits per heavy atom. The van der Waals surface area contributed by atoms with Crippen LogP contribution in [-0.2, 0) is 9.59 Å². The number of carbonyl (C=O) groups excluding carboxylic acids is 2. The molecular weight excluding hydrogens is 667 g/mol. The molecule has 2 unspecified atom stereocenters. The van der Waals surface area contributed by atoms with Crippen molar-refractivity contribution < 1.29 is 19.4 Å². The van der Waals surface area contributed by atoms with Gasteiger partial charge in [-0.3, -0.25) is 9.59 Å². The van der Waals surface area contributed by atoms with E-state index in [9.17, 15) is 14.7 Å². The Bertz CT molecular complexity index is 2000. The Labute approximate surface area is 323 Å². The Morgan fingerprint density at radius 1 is 0.704 bits per heavy atom. The van der Waals surface area contributed by atoms with Crippen LogP contribution in [0.4, 0.5) is 5.69 Å². The number of rotatable bonds is 10. The van der Waals surface area contributed by atoms with Crippen molar-refractivity contribution in [2.24, 2.45) is 5.41 Å². The Balaban J connectivity index is 0.000000386. The number of nitrogens with one attached hydrogen (secondary N) is 1.